The van der Waals surface area contributed by atoms with E-state index in [0.717, 1.165) is 85.6 Å². The first-order valence-corrected chi connectivity index (χ1v) is 15.8. The molecule has 8 rings (SSSR count). The number of aromatic nitrogens is 3. The Kier molecular flexibility index (Phi) is 6.38. The monoisotopic (exact) mass is 589 g/mol. The first-order chi connectivity index (χ1) is 21.9. The van der Waals surface area contributed by atoms with E-state index in [0.29, 0.717) is 11.8 Å². The molecule has 5 heteroatoms. The average Bonchev–Trinajstić information content (AvgIpc) is 3.67. The van der Waals surface area contributed by atoms with Crippen molar-refractivity contribution in [2.75, 3.05) is 0 Å². The summed E-state index contributed by atoms with van der Waals surface area (Å²) in [6.07, 6.45) is 3.90. The molecule has 222 valence electrons. The summed E-state index contributed by atoms with van der Waals surface area (Å²) in [5.41, 5.74) is 11.9. The van der Waals surface area contributed by atoms with Crippen molar-refractivity contribution >= 4 is 21.9 Å². The molecule has 0 fully saturated rings. The number of rotatable bonds is 5. The van der Waals surface area contributed by atoms with Gasteiger partial charge in [0.15, 0.2) is 0 Å². The van der Waals surface area contributed by atoms with Gasteiger partial charge in [-0.1, -0.05) is 82.3 Å². The molecule has 0 saturated carbocycles. The summed E-state index contributed by atoms with van der Waals surface area (Å²) < 4.78 is 8.50. The summed E-state index contributed by atoms with van der Waals surface area (Å²) in [6, 6.07) is 31.3. The zero-order chi connectivity index (χ0) is 30.8. The van der Waals surface area contributed by atoms with Crippen LogP contribution in [0.15, 0.2) is 102 Å². The molecule has 45 heavy (non-hydrogen) atoms. The van der Waals surface area contributed by atoms with E-state index < -0.39 is 0 Å². The molecule has 0 saturated heterocycles. The highest BCUT2D eigenvalue weighted by Crippen LogP contribution is 2.41. The van der Waals surface area contributed by atoms with Crippen molar-refractivity contribution in [3.05, 3.63) is 119 Å². The van der Waals surface area contributed by atoms with Crippen molar-refractivity contribution in [1.29, 1.82) is 0 Å². The number of hydrogen-bond acceptors (Lipinski definition) is 4. The maximum atomic E-state index is 10.8. The second-order valence-electron chi connectivity index (χ2n) is 12.8. The van der Waals surface area contributed by atoms with Gasteiger partial charge in [0.05, 0.1) is 11.4 Å². The van der Waals surface area contributed by atoms with Crippen molar-refractivity contribution in [2.24, 2.45) is 0 Å². The topological polar surface area (TPSA) is 64.1 Å². The molecule has 3 aromatic heterocycles. The van der Waals surface area contributed by atoms with E-state index >= 15 is 0 Å². The highest BCUT2D eigenvalue weighted by atomic mass is 16.3. The van der Waals surface area contributed by atoms with Crippen LogP contribution in [0.25, 0.3) is 61.7 Å². The van der Waals surface area contributed by atoms with Gasteiger partial charge in [0.25, 0.3) is 0 Å². The molecule has 0 spiro atoms. The van der Waals surface area contributed by atoms with Crippen LogP contribution < -0.4 is 0 Å². The van der Waals surface area contributed by atoms with Crippen molar-refractivity contribution in [3.63, 3.8) is 0 Å². The maximum absolute atomic E-state index is 10.8. The molecule has 0 aliphatic heterocycles. The average molecular weight is 590 g/mol. The summed E-state index contributed by atoms with van der Waals surface area (Å²) in [6.45, 7) is 8.97. The summed E-state index contributed by atoms with van der Waals surface area (Å²) in [5, 5.41) is 13.0. The number of fused-ring (bicyclic) bond motifs is 6. The van der Waals surface area contributed by atoms with Crippen LogP contribution in [0.1, 0.15) is 61.8 Å². The second-order valence-corrected chi connectivity index (χ2v) is 12.8. The molecular formula is C40H35N3O2. The van der Waals surface area contributed by atoms with Crippen LogP contribution in [0.3, 0.4) is 0 Å². The van der Waals surface area contributed by atoms with Gasteiger partial charge in [-0.05, 0) is 83.3 Å². The molecule has 3 heterocycles. The van der Waals surface area contributed by atoms with Crippen molar-refractivity contribution in [3.8, 4) is 45.5 Å². The van der Waals surface area contributed by atoms with Gasteiger partial charge in [-0.25, -0.2) is 9.97 Å². The zero-order valence-electron chi connectivity index (χ0n) is 26.0. The number of pyridine rings is 1. The van der Waals surface area contributed by atoms with Crippen molar-refractivity contribution < 1.29 is 9.52 Å². The number of furan rings is 1. The maximum Gasteiger partial charge on any atom is 0.146 e. The summed E-state index contributed by atoms with van der Waals surface area (Å²) in [5.74, 6) is 1.87. The Hall–Kier alpha value is -5.16. The van der Waals surface area contributed by atoms with Gasteiger partial charge < -0.3 is 9.52 Å². The van der Waals surface area contributed by atoms with Crippen LogP contribution in [0, 0.1) is 0 Å². The van der Waals surface area contributed by atoms with Crippen LogP contribution in [0.4, 0.5) is 0 Å². The third kappa shape index (κ3) is 4.53. The minimum Gasteiger partial charge on any atom is -0.507 e. The first-order valence-electron chi connectivity index (χ1n) is 15.8. The lowest BCUT2D eigenvalue weighted by molar-refractivity contribution is 0.476. The van der Waals surface area contributed by atoms with E-state index in [1.165, 1.54) is 11.1 Å². The smallest absolute Gasteiger partial charge is 0.146 e. The minimum atomic E-state index is 0.273. The Labute approximate surface area is 262 Å². The predicted octanol–water partition coefficient (Wildman–Crippen LogP) is 10.2. The first kappa shape index (κ1) is 27.4. The molecule has 1 aliphatic carbocycles. The fourth-order valence-electron chi connectivity index (χ4n) is 6.70. The third-order valence-electron chi connectivity index (χ3n) is 9.19. The number of phenolic OH excluding ortho intramolecular Hbond substituents is 1. The molecule has 7 aromatic rings. The molecule has 0 bridgehead atoms. The fraction of sp³-hybridized carbons (Fsp3) is 0.200. The molecule has 0 unspecified atom stereocenters. The number of nitrogens with zero attached hydrogens (tertiary/aromatic N) is 3. The summed E-state index contributed by atoms with van der Waals surface area (Å²) in [7, 11) is 0. The molecule has 5 nitrogen and oxygen atoms in total. The molecule has 1 aliphatic rings. The van der Waals surface area contributed by atoms with Gasteiger partial charge in [-0.3, -0.25) is 4.57 Å². The van der Waals surface area contributed by atoms with Crippen LogP contribution in [0.2, 0.25) is 0 Å². The molecule has 0 amide bonds. The summed E-state index contributed by atoms with van der Waals surface area (Å²) >= 11 is 0. The van der Waals surface area contributed by atoms with Crippen LogP contribution >= 0.6 is 0 Å². The third-order valence-corrected chi connectivity index (χ3v) is 9.19. The van der Waals surface area contributed by atoms with Gasteiger partial charge in [0.2, 0.25) is 0 Å². The van der Waals surface area contributed by atoms with E-state index in [4.69, 9.17) is 14.4 Å². The Morgan fingerprint density at radius 1 is 0.711 bits per heavy atom. The van der Waals surface area contributed by atoms with Gasteiger partial charge in [-0.2, -0.15) is 0 Å². The lowest BCUT2D eigenvalue weighted by Crippen LogP contribution is -2.06. The minimum absolute atomic E-state index is 0.273. The Balaban J connectivity index is 1.39. The Bertz CT molecular complexity index is 2230. The zero-order valence-corrected chi connectivity index (χ0v) is 26.0. The number of imidazole rings is 1. The number of aryl methyl sites for hydroxylation is 2. The Morgan fingerprint density at radius 3 is 2.24 bits per heavy atom. The highest BCUT2D eigenvalue weighted by Gasteiger charge is 2.24. The molecular weight excluding hydrogens is 554 g/mol. The predicted molar refractivity (Wildman–Crippen MR) is 182 cm³/mol. The van der Waals surface area contributed by atoms with Gasteiger partial charge in [0.1, 0.15) is 28.4 Å². The SMILES string of the molecule is CC(C)c1cc(C(C)C)cc(-n2cc(-c3ccc4c(n3)-c3c(O)cccc3CC4)nc2-c2cccc3oc4ccccc4c23)c1. The standard InChI is InChI=1S/C40H35N3O2/c1-23(2)27-19-28(24(3)4)21-29(20-27)43-22-33(32-18-17-26-16-15-25-9-7-12-34(44)37(25)39(26)41-32)42-40(43)31-11-8-14-36-38(31)30-10-5-6-13-35(30)45-36/h5-14,17-24,44H,15-16H2,1-4H3. The van der Waals surface area contributed by atoms with Crippen molar-refractivity contribution in [1.82, 2.24) is 14.5 Å². The van der Waals surface area contributed by atoms with Gasteiger partial charge in [-0.15, -0.1) is 0 Å². The molecule has 0 radical (unpaired) electrons. The number of hydrogen-bond donors (Lipinski definition) is 1. The van der Waals surface area contributed by atoms with Crippen LogP contribution in [0.5, 0.6) is 5.75 Å². The largest absolute Gasteiger partial charge is 0.507 e. The number of para-hydroxylation sites is 1. The number of phenols is 1. The normalized spacial score (nSPS) is 12.8. The van der Waals surface area contributed by atoms with E-state index in [1.54, 1.807) is 6.07 Å². The molecule has 0 atom stereocenters. The number of benzene rings is 4. The lowest BCUT2D eigenvalue weighted by atomic mass is 9.88. The Morgan fingerprint density at radius 2 is 1.44 bits per heavy atom. The molecule has 4 aromatic carbocycles. The quantitative estimate of drug-likeness (QED) is 0.217. The lowest BCUT2D eigenvalue weighted by Gasteiger charge is -2.20. The van der Waals surface area contributed by atoms with Gasteiger partial charge in [0, 0.05) is 33.8 Å². The second kappa shape index (κ2) is 10.5. The summed E-state index contributed by atoms with van der Waals surface area (Å²) in [4.78, 5) is 10.5. The van der Waals surface area contributed by atoms with E-state index in [-0.39, 0.29) is 5.75 Å². The molecule has 1 N–H and O–H groups in total. The van der Waals surface area contributed by atoms with E-state index in [9.17, 15) is 5.11 Å². The number of aromatic hydroxyl groups is 1. The van der Waals surface area contributed by atoms with E-state index in [2.05, 4.69) is 93.1 Å². The van der Waals surface area contributed by atoms with E-state index in [1.807, 2.05) is 30.3 Å². The van der Waals surface area contributed by atoms with Crippen LogP contribution in [-0.4, -0.2) is 19.6 Å². The van der Waals surface area contributed by atoms with Gasteiger partial charge >= 0.3 is 0 Å². The highest BCUT2D eigenvalue weighted by molar-refractivity contribution is 6.11. The van der Waals surface area contributed by atoms with Crippen LogP contribution in [-0.2, 0) is 12.8 Å². The fourth-order valence-corrected chi connectivity index (χ4v) is 6.70. The van der Waals surface area contributed by atoms with Crippen molar-refractivity contribution in [2.45, 2.75) is 52.4 Å².